The fourth-order valence-electron chi connectivity index (χ4n) is 4.33. The first-order valence-electron chi connectivity index (χ1n) is 10.1. The Morgan fingerprint density at radius 3 is 2.64 bits per heavy atom. The van der Waals surface area contributed by atoms with Gasteiger partial charge in [-0.05, 0) is 71.1 Å². The Bertz CT molecular complexity index is 691. The molecule has 1 amide bonds. The highest BCUT2D eigenvalue weighted by Gasteiger charge is 2.43. The van der Waals surface area contributed by atoms with E-state index in [0.29, 0.717) is 43.3 Å². The summed E-state index contributed by atoms with van der Waals surface area (Å²) in [6.07, 6.45) is 3.24. The Balaban J connectivity index is 1.65. The zero-order chi connectivity index (χ0) is 20.3. The molecule has 1 aromatic rings. The van der Waals surface area contributed by atoms with Gasteiger partial charge in [0.2, 0.25) is 0 Å². The van der Waals surface area contributed by atoms with E-state index in [4.69, 9.17) is 4.74 Å². The van der Waals surface area contributed by atoms with Crippen LogP contribution >= 0.6 is 0 Å². The Labute approximate surface area is 166 Å². The first-order valence-corrected chi connectivity index (χ1v) is 10.1. The van der Waals surface area contributed by atoms with Crippen LogP contribution in [0.1, 0.15) is 31.2 Å². The molecule has 2 aliphatic rings. The molecular formula is C21H32FN3O3. The molecule has 2 aliphatic heterocycles. The third-order valence-electron chi connectivity index (χ3n) is 6.09. The number of hydrogen-bond donors (Lipinski definition) is 1. The Morgan fingerprint density at radius 1 is 1.29 bits per heavy atom. The Kier molecular flexibility index (Phi) is 6.58. The normalized spacial score (nSPS) is 24.8. The number of piperidine rings is 2. The van der Waals surface area contributed by atoms with Crippen LogP contribution in [0.15, 0.2) is 18.2 Å². The van der Waals surface area contributed by atoms with E-state index in [-0.39, 0.29) is 18.3 Å². The summed E-state index contributed by atoms with van der Waals surface area (Å²) in [4.78, 5) is 19.1. The summed E-state index contributed by atoms with van der Waals surface area (Å²) in [5.41, 5.74) is -0.984. The maximum atomic E-state index is 14.2. The number of rotatable bonds is 6. The number of amides is 1. The molecule has 3 rings (SSSR count). The van der Waals surface area contributed by atoms with Gasteiger partial charge in [-0.1, -0.05) is 0 Å². The Morgan fingerprint density at radius 2 is 2.00 bits per heavy atom. The first kappa shape index (κ1) is 21.0. The molecule has 0 bridgehead atoms. The van der Waals surface area contributed by atoms with Crippen LogP contribution in [0.2, 0.25) is 0 Å². The van der Waals surface area contributed by atoms with Crippen molar-refractivity contribution in [2.75, 3.05) is 47.4 Å². The first-order chi connectivity index (χ1) is 13.3. The summed E-state index contributed by atoms with van der Waals surface area (Å²) in [7, 11) is 5.71. The summed E-state index contributed by atoms with van der Waals surface area (Å²) in [6, 6.07) is 5.08. The van der Waals surface area contributed by atoms with Gasteiger partial charge in [0.15, 0.2) is 5.60 Å². The zero-order valence-corrected chi connectivity index (χ0v) is 17.2. The third kappa shape index (κ3) is 4.64. The van der Waals surface area contributed by atoms with Crippen molar-refractivity contribution in [3.8, 4) is 5.75 Å². The number of carbonyl (C=O) groups is 1. The van der Waals surface area contributed by atoms with Crippen molar-refractivity contribution in [3.63, 3.8) is 0 Å². The molecule has 0 unspecified atom stereocenters. The average Bonchev–Trinajstić information content (AvgIpc) is 2.67. The van der Waals surface area contributed by atoms with Crippen LogP contribution < -0.4 is 4.74 Å². The van der Waals surface area contributed by atoms with E-state index in [1.165, 1.54) is 13.2 Å². The molecule has 1 aromatic carbocycles. The lowest BCUT2D eigenvalue weighted by Gasteiger charge is -2.43. The lowest BCUT2D eigenvalue weighted by molar-refractivity contribution is -0.160. The fourth-order valence-corrected chi connectivity index (χ4v) is 4.33. The van der Waals surface area contributed by atoms with Gasteiger partial charge in [-0.15, -0.1) is 0 Å². The number of likely N-dealkylation sites (tertiary alicyclic amines) is 2. The van der Waals surface area contributed by atoms with Crippen LogP contribution in [0.3, 0.4) is 0 Å². The fraction of sp³-hybridized carbons (Fsp3) is 0.667. The number of methoxy groups -OCH3 is 1. The standard InChI is InChI=1S/C21H32FN3O3/c1-23(2)17-7-11-24(12-8-17)15-21(27)9-4-10-25(20(21)26)14-16-13-18(28-3)5-6-19(16)22/h5-6,13,17,27H,4,7-12,14-15H2,1-3H3/t21-/m1/s1. The van der Waals surface area contributed by atoms with Crippen molar-refractivity contribution in [3.05, 3.63) is 29.6 Å². The molecular weight excluding hydrogens is 361 g/mol. The smallest absolute Gasteiger partial charge is 0.256 e. The molecule has 7 heteroatoms. The van der Waals surface area contributed by atoms with E-state index in [0.717, 1.165) is 25.9 Å². The Hall–Kier alpha value is -1.70. The molecule has 0 aromatic heterocycles. The van der Waals surface area contributed by atoms with E-state index >= 15 is 0 Å². The molecule has 1 N–H and O–H groups in total. The van der Waals surface area contributed by atoms with E-state index in [1.54, 1.807) is 17.0 Å². The van der Waals surface area contributed by atoms with Gasteiger partial charge in [0, 0.05) is 31.2 Å². The van der Waals surface area contributed by atoms with Crippen LogP contribution in [0, 0.1) is 5.82 Å². The highest BCUT2D eigenvalue weighted by Crippen LogP contribution is 2.28. The van der Waals surface area contributed by atoms with Gasteiger partial charge < -0.3 is 19.6 Å². The number of aliphatic hydroxyl groups is 1. The van der Waals surface area contributed by atoms with Gasteiger partial charge in [0.1, 0.15) is 11.6 Å². The molecule has 2 heterocycles. The lowest BCUT2D eigenvalue weighted by atomic mass is 9.89. The van der Waals surface area contributed by atoms with Gasteiger partial charge in [0.05, 0.1) is 7.11 Å². The predicted molar refractivity (Wildman–Crippen MR) is 106 cm³/mol. The predicted octanol–water partition coefficient (Wildman–Crippen LogP) is 1.71. The monoisotopic (exact) mass is 393 g/mol. The number of carbonyl (C=O) groups excluding carboxylic acids is 1. The minimum absolute atomic E-state index is 0.146. The topological polar surface area (TPSA) is 56.3 Å². The SMILES string of the molecule is COc1ccc(F)c(CN2CCC[C@@](O)(CN3CCC(N(C)C)CC3)C2=O)c1. The molecule has 1 atom stereocenters. The summed E-state index contributed by atoms with van der Waals surface area (Å²) < 4.78 is 19.4. The molecule has 156 valence electrons. The van der Waals surface area contributed by atoms with Crippen LogP contribution in [-0.4, -0.2) is 84.7 Å². The zero-order valence-electron chi connectivity index (χ0n) is 17.2. The number of β-amino-alcohol motifs (C(OH)–C–C–N with tert-alkyl or cyclic N) is 1. The molecule has 2 saturated heterocycles. The number of nitrogens with zero attached hydrogens (tertiary/aromatic N) is 3. The van der Waals surface area contributed by atoms with Crippen molar-refractivity contribution in [2.24, 2.45) is 0 Å². The van der Waals surface area contributed by atoms with Crippen LogP contribution in [-0.2, 0) is 11.3 Å². The van der Waals surface area contributed by atoms with Gasteiger partial charge in [-0.25, -0.2) is 4.39 Å². The third-order valence-corrected chi connectivity index (χ3v) is 6.09. The van der Waals surface area contributed by atoms with Crippen LogP contribution in [0.5, 0.6) is 5.75 Å². The van der Waals surface area contributed by atoms with Gasteiger partial charge in [-0.2, -0.15) is 0 Å². The van der Waals surface area contributed by atoms with E-state index in [2.05, 4.69) is 23.9 Å². The van der Waals surface area contributed by atoms with Gasteiger partial charge >= 0.3 is 0 Å². The van der Waals surface area contributed by atoms with Crippen molar-refractivity contribution in [1.82, 2.24) is 14.7 Å². The molecule has 0 aliphatic carbocycles. The molecule has 0 spiro atoms. The summed E-state index contributed by atoms with van der Waals surface area (Å²) in [5, 5.41) is 11.1. The van der Waals surface area contributed by atoms with Gasteiger partial charge in [-0.3, -0.25) is 9.69 Å². The maximum Gasteiger partial charge on any atom is 0.256 e. The maximum absolute atomic E-state index is 14.2. The molecule has 6 nitrogen and oxygen atoms in total. The number of benzene rings is 1. The van der Waals surface area contributed by atoms with Crippen molar-refractivity contribution in [1.29, 1.82) is 0 Å². The highest BCUT2D eigenvalue weighted by atomic mass is 19.1. The van der Waals surface area contributed by atoms with Crippen molar-refractivity contribution >= 4 is 5.91 Å². The second-order valence-electron chi connectivity index (χ2n) is 8.29. The summed E-state index contributed by atoms with van der Waals surface area (Å²) in [5.74, 6) is -0.107. The van der Waals surface area contributed by atoms with E-state index in [9.17, 15) is 14.3 Å². The quantitative estimate of drug-likeness (QED) is 0.798. The van der Waals surface area contributed by atoms with Crippen LogP contribution in [0.4, 0.5) is 4.39 Å². The van der Waals surface area contributed by atoms with Crippen molar-refractivity contribution < 1.29 is 19.0 Å². The average molecular weight is 394 g/mol. The molecule has 28 heavy (non-hydrogen) atoms. The highest BCUT2D eigenvalue weighted by molar-refractivity contribution is 5.86. The molecule has 0 radical (unpaired) electrons. The van der Waals surface area contributed by atoms with E-state index in [1.807, 2.05) is 0 Å². The minimum atomic E-state index is -1.39. The largest absolute Gasteiger partial charge is 0.497 e. The molecule has 0 saturated carbocycles. The minimum Gasteiger partial charge on any atom is -0.497 e. The summed E-state index contributed by atoms with van der Waals surface area (Å²) >= 11 is 0. The second-order valence-corrected chi connectivity index (χ2v) is 8.29. The second kappa shape index (κ2) is 8.76. The number of hydrogen-bond acceptors (Lipinski definition) is 5. The number of halogens is 1. The molecule has 2 fully saturated rings. The van der Waals surface area contributed by atoms with Crippen LogP contribution in [0.25, 0.3) is 0 Å². The lowest BCUT2D eigenvalue weighted by Crippen LogP contribution is -2.59. The van der Waals surface area contributed by atoms with Crippen molar-refractivity contribution in [2.45, 2.75) is 43.9 Å². The summed E-state index contributed by atoms with van der Waals surface area (Å²) in [6.45, 7) is 2.78. The van der Waals surface area contributed by atoms with E-state index < -0.39 is 5.60 Å². The number of ether oxygens (including phenoxy) is 1. The van der Waals surface area contributed by atoms with Gasteiger partial charge in [0.25, 0.3) is 5.91 Å².